The van der Waals surface area contributed by atoms with Crippen LogP contribution in [0.15, 0.2) is 72.9 Å². The van der Waals surface area contributed by atoms with Crippen molar-refractivity contribution in [2.24, 2.45) is 0 Å². The van der Waals surface area contributed by atoms with Gasteiger partial charge in [-0.2, -0.15) is 0 Å². The fraction of sp³-hybridized carbons (Fsp3) is 0.0833. The molecule has 2 amide bonds. The maximum Gasteiger partial charge on any atom is 0.323 e. The van der Waals surface area contributed by atoms with Gasteiger partial charge in [-0.25, -0.2) is 4.79 Å². The lowest BCUT2D eigenvalue weighted by Crippen LogP contribution is -2.19. The minimum absolute atomic E-state index is 0.295. The van der Waals surface area contributed by atoms with Crippen molar-refractivity contribution < 1.29 is 14.3 Å². The number of fused-ring (bicyclic) bond motifs is 1. The molecule has 7 nitrogen and oxygen atoms in total. The first-order chi connectivity index (χ1) is 15.6. The zero-order valence-electron chi connectivity index (χ0n) is 17.5. The zero-order valence-corrected chi connectivity index (χ0v) is 19.6. The molecule has 0 unspecified atom stereocenters. The van der Waals surface area contributed by atoms with Gasteiger partial charge in [-0.15, -0.1) is 0 Å². The molecule has 1 heterocycles. The Morgan fingerprint density at radius 3 is 2.25 bits per heavy atom. The Bertz CT molecular complexity index is 1260. The number of ether oxygens (including phenoxy) is 2. The zero-order chi connectivity index (χ0) is 22.5. The van der Waals surface area contributed by atoms with Crippen molar-refractivity contribution >= 4 is 62.3 Å². The number of para-hydroxylation sites is 1. The van der Waals surface area contributed by atoms with Gasteiger partial charge in [0.15, 0.2) is 11.5 Å². The Morgan fingerprint density at radius 2 is 1.53 bits per heavy atom. The fourth-order valence-corrected chi connectivity index (χ4v) is 3.74. The molecule has 0 aliphatic rings. The summed E-state index contributed by atoms with van der Waals surface area (Å²) < 4.78 is 11.8. The number of hydrogen-bond acceptors (Lipinski definition) is 5. The van der Waals surface area contributed by atoms with Gasteiger partial charge in [-0.1, -0.05) is 12.1 Å². The van der Waals surface area contributed by atoms with E-state index >= 15 is 0 Å². The average molecular weight is 540 g/mol. The highest BCUT2D eigenvalue weighted by atomic mass is 127. The predicted molar refractivity (Wildman–Crippen MR) is 136 cm³/mol. The van der Waals surface area contributed by atoms with Crippen molar-refractivity contribution in [2.75, 3.05) is 30.2 Å². The van der Waals surface area contributed by atoms with Gasteiger partial charge in [0.1, 0.15) is 0 Å². The van der Waals surface area contributed by atoms with E-state index in [9.17, 15) is 4.79 Å². The Kier molecular flexibility index (Phi) is 6.60. The van der Waals surface area contributed by atoms with Crippen LogP contribution in [0, 0.1) is 3.57 Å². The standard InChI is InChI=1S/C24H21IN4O3/c1-31-22-13-17-19(11-12-26-21(17)14-23(22)32-2)27-15-7-9-16(10-8-15)28-24(30)29-20-6-4-3-5-18(20)25/h3-14H,1-2H3,(H,26,27)(H2,28,29,30). The molecule has 0 spiro atoms. The molecule has 4 rings (SSSR count). The summed E-state index contributed by atoms with van der Waals surface area (Å²) >= 11 is 2.18. The number of carbonyl (C=O) groups is 1. The first-order valence-electron chi connectivity index (χ1n) is 9.78. The Labute approximate surface area is 199 Å². The van der Waals surface area contributed by atoms with Crippen molar-refractivity contribution in [1.82, 2.24) is 4.98 Å². The summed E-state index contributed by atoms with van der Waals surface area (Å²) in [5, 5.41) is 10.0. The molecule has 0 fully saturated rings. The van der Waals surface area contributed by atoms with E-state index in [1.54, 1.807) is 20.4 Å². The van der Waals surface area contributed by atoms with E-state index in [0.717, 1.165) is 31.5 Å². The largest absolute Gasteiger partial charge is 0.493 e. The van der Waals surface area contributed by atoms with Gasteiger partial charge >= 0.3 is 6.03 Å². The van der Waals surface area contributed by atoms with Crippen LogP contribution < -0.4 is 25.4 Å². The summed E-state index contributed by atoms with van der Waals surface area (Å²) in [5.74, 6) is 1.26. The Balaban J connectivity index is 1.48. The highest BCUT2D eigenvalue weighted by molar-refractivity contribution is 14.1. The van der Waals surface area contributed by atoms with E-state index in [0.29, 0.717) is 17.2 Å². The average Bonchev–Trinajstić information content (AvgIpc) is 2.81. The van der Waals surface area contributed by atoms with E-state index in [4.69, 9.17) is 9.47 Å². The van der Waals surface area contributed by atoms with E-state index in [-0.39, 0.29) is 6.03 Å². The number of carbonyl (C=O) groups excluding carboxylic acids is 1. The fourth-order valence-electron chi connectivity index (χ4n) is 3.22. The molecule has 3 aromatic carbocycles. The second-order valence-electron chi connectivity index (χ2n) is 6.84. The summed E-state index contributed by atoms with van der Waals surface area (Å²) in [5.41, 5.74) is 3.99. The molecule has 0 radical (unpaired) electrons. The summed E-state index contributed by atoms with van der Waals surface area (Å²) in [6, 6.07) is 20.4. The Morgan fingerprint density at radius 1 is 0.844 bits per heavy atom. The third-order valence-corrected chi connectivity index (χ3v) is 5.73. The van der Waals surface area contributed by atoms with E-state index in [1.807, 2.05) is 66.7 Å². The molecule has 0 saturated heterocycles. The van der Waals surface area contributed by atoms with E-state index < -0.39 is 0 Å². The second kappa shape index (κ2) is 9.73. The number of halogens is 1. The van der Waals surface area contributed by atoms with Crippen LogP contribution in [0.4, 0.5) is 27.5 Å². The maximum absolute atomic E-state index is 12.3. The predicted octanol–water partition coefficient (Wildman–Crippen LogP) is 6.24. The van der Waals surface area contributed by atoms with Gasteiger partial charge in [0.25, 0.3) is 0 Å². The number of nitrogens with one attached hydrogen (secondary N) is 3. The van der Waals surface area contributed by atoms with Gasteiger partial charge in [0.05, 0.1) is 25.4 Å². The van der Waals surface area contributed by atoms with Crippen LogP contribution in [0.2, 0.25) is 0 Å². The van der Waals surface area contributed by atoms with Crippen LogP contribution in [0.1, 0.15) is 0 Å². The van der Waals surface area contributed by atoms with E-state index in [2.05, 4.69) is 43.5 Å². The first-order valence-corrected chi connectivity index (χ1v) is 10.9. The highest BCUT2D eigenvalue weighted by Crippen LogP contribution is 2.35. The van der Waals surface area contributed by atoms with Crippen LogP contribution in [-0.2, 0) is 0 Å². The van der Waals surface area contributed by atoms with Crippen LogP contribution in [-0.4, -0.2) is 25.2 Å². The summed E-state index contributed by atoms with van der Waals surface area (Å²) in [6.45, 7) is 0. The lowest BCUT2D eigenvalue weighted by Gasteiger charge is -2.13. The van der Waals surface area contributed by atoms with Crippen molar-refractivity contribution in [2.45, 2.75) is 0 Å². The van der Waals surface area contributed by atoms with Crippen LogP contribution >= 0.6 is 22.6 Å². The van der Waals surface area contributed by atoms with Crippen LogP contribution in [0.25, 0.3) is 10.9 Å². The van der Waals surface area contributed by atoms with Crippen molar-refractivity contribution in [1.29, 1.82) is 0 Å². The molecule has 0 aliphatic heterocycles. The summed E-state index contributed by atoms with van der Waals surface area (Å²) in [4.78, 5) is 16.7. The molecular formula is C24H21IN4O3. The summed E-state index contributed by atoms with van der Waals surface area (Å²) in [7, 11) is 3.20. The number of rotatable bonds is 6. The van der Waals surface area contributed by atoms with Crippen molar-refractivity contribution in [3.63, 3.8) is 0 Å². The third-order valence-electron chi connectivity index (χ3n) is 4.79. The van der Waals surface area contributed by atoms with Crippen LogP contribution in [0.5, 0.6) is 11.5 Å². The normalized spacial score (nSPS) is 10.5. The molecule has 0 bridgehead atoms. The van der Waals surface area contributed by atoms with Crippen molar-refractivity contribution in [3.8, 4) is 11.5 Å². The number of urea groups is 1. The highest BCUT2D eigenvalue weighted by Gasteiger charge is 2.10. The molecule has 0 saturated carbocycles. The number of benzene rings is 3. The minimum atomic E-state index is -0.295. The van der Waals surface area contributed by atoms with Crippen molar-refractivity contribution in [3.05, 3.63) is 76.5 Å². The molecule has 162 valence electrons. The van der Waals surface area contributed by atoms with Gasteiger partial charge < -0.3 is 25.4 Å². The molecule has 0 atom stereocenters. The lowest BCUT2D eigenvalue weighted by molar-refractivity contribution is 0.262. The smallest absolute Gasteiger partial charge is 0.323 e. The minimum Gasteiger partial charge on any atom is -0.493 e. The SMILES string of the molecule is COc1cc2nccc(Nc3ccc(NC(=O)Nc4ccccc4I)cc3)c2cc1OC. The molecule has 8 heteroatoms. The third kappa shape index (κ3) is 4.86. The molecule has 1 aromatic heterocycles. The maximum atomic E-state index is 12.3. The number of hydrogen-bond donors (Lipinski definition) is 3. The molecule has 4 aromatic rings. The molecule has 32 heavy (non-hydrogen) atoms. The Hall–Kier alpha value is -3.53. The second-order valence-corrected chi connectivity index (χ2v) is 8.01. The molecule has 3 N–H and O–H groups in total. The van der Waals surface area contributed by atoms with Crippen LogP contribution in [0.3, 0.4) is 0 Å². The van der Waals surface area contributed by atoms with Gasteiger partial charge in [0.2, 0.25) is 0 Å². The molecular weight excluding hydrogens is 519 g/mol. The number of methoxy groups -OCH3 is 2. The first kappa shape index (κ1) is 21.7. The monoisotopic (exact) mass is 540 g/mol. The topological polar surface area (TPSA) is 84.5 Å². The quantitative estimate of drug-likeness (QED) is 0.252. The number of amides is 2. The van der Waals surface area contributed by atoms with Gasteiger partial charge in [0, 0.05) is 38.3 Å². The number of anilines is 4. The lowest BCUT2D eigenvalue weighted by atomic mass is 10.1. The van der Waals surface area contributed by atoms with Gasteiger partial charge in [-0.05, 0) is 71.1 Å². The molecule has 0 aliphatic carbocycles. The number of nitrogens with zero attached hydrogens (tertiary/aromatic N) is 1. The number of aromatic nitrogens is 1. The van der Waals surface area contributed by atoms with E-state index in [1.165, 1.54) is 0 Å². The number of pyridine rings is 1. The summed E-state index contributed by atoms with van der Waals surface area (Å²) in [6.07, 6.45) is 1.74. The van der Waals surface area contributed by atoms with Gasteiger partial charge in [-0.3, -0.25) is 4.98 Å².